The number of hydrogen-bond acceptors (Lipinski definition) is 7. The molecule has 0 bridgehead atoms. The molecule has 162 valence electrons. The fourth-order valence-electron chi connectivity index (χ4n) is 3.26. The molecular weight excluding hydrogens is 430 g/mol. The molecule has 0 atom stereocenters. The molecule has 0 aliphatic carbocycles. The van der Waals surface area contributed by atoms with Crippen LogP contribution in [0.15, 0.2) is 93.5 Å². The van der Waals surface area contributed by atoms with E-state index in [4.69, 9.17) is 4.42 Å². The van der Waals surface area contributed by atoms with Gasteiger partial charge in [0, 0.05) is 11.6 Å². The van der Waals surface area contributed by atoms with Crippen LogP contribution in [-0.4, -0.2) is 34.5 Å². The van der Waals surface area contributed by atoms with Gasteiger partial charge in [-0.25, -0.2) is 13.4 Å². The number of sulfone groups is 1. The van der Waals surface area contributed by atoms with Crippen molar-refractivity contribution < 1.29 is 22.7 Å². The lowest BCUT2D eigenvalue weighted by atomic mass is 10.0. The Balaban J connectivity index is 1.75. The van der Waals surface area contributed by atoms with Crippen LogP contribution in [0, 0.1) is 0 Å². The number of H-pyrrole nitrogens is 1. The van der Waals surface area contributed by atoms with Gasteiger partial charge in [-0.3, -0.25) is 9.89 Å². The number of benzene rings is 2. The van der Waals surface area contributed by atoms with Crippen molar-refractivity contribution in [2.24, 2.45) is 0 Å². The number of hydrogen-bond donors (Lipinski definition) is 2. The number of carbonyl (C=O) groups is 1. The highest BCUT2D eigenvalue weighted by Gasteiger charge is 2.28. The third-order valence-corrected chi connectivity index (χ3v) is 6.67. The molecule has 0 saturated carbocycles. The molecule has 2 heterocycles. The predicted octanol–water partition coefficient (Wildman–Crippen LogP) is 3.80. The molecule has 9 heteroatoms. The van der Waals surface area contributed by atoms with Gasteiger partial charge in [-0.15, -0.1) is 0 Å². The van der Waals surface area contributed by atoms with E-state index >= 15 is 0 Å². The number of ketones is 1. The van der Waals surface area contributed by atoms with E-state index in [-0.39, 0.29) is 33.4 Å². The minimum Gasteiger partial charge on any atom is -0.504 e. The summed E-state index contributed by atoms with van der Waals surface area (Å²) in [7, 11) is -3.92. The van der Waals surface area contributed by atoms with Crippen molar-refractivity contribution in [1.82, 2.24) is 15.2 Å². The Bertz CT molecular complexity index is 1340. The molecule has 0 aliphatic heterocycles. The number of aryl methyl sites for hydroxylation is 1. The van der Waals surface area contributed by atoms with E-state index in [0.29, 0.717) is 6.42 Å². The van der Waals surface area contributed by atoms with Crippen LogP contribution in [0.2, 0.25) is 0 Å². The van der Waals surface area contributed by atoms with Crippen LogP contribution in [0.25, 0.3) is 5.76 Å². The van der Waals surface area contributed by atoms with E-state index in [1.807, 2.05) is 30.3 Å². The molecule has 0 saturated heterocycles. The Kier molecular flexibility index (Phi) is 6.00. The average Bonchev–Trinajstić information content (AvgIpc) is 3.49. The summed E-state index contributed by atoms with van der Waals surface area (Å²) < 4.78 is 31.9. The van der Waals surface area contributed by atoms with Crippen molar-refractivity contribution in [3.8, 4) is 0 Å². The maximum absolute atomic E-state index is 13.3. The lowest BCUT2D eigenvalue weighted by molar-refractivity contribution is 0.101. The summed E-state index contributed by atoms with van der Waals surface area (Å²) >= 11 is 0. The maximum atomic E-state index is 13.3. The Morgan fingerprint density at radius 2 is 1.72 bits per heavy atom. The zero-order chi connectivity index (χ0) is 22.6. The third-order valence-electron chi connectivity index (χ3n) is 4.85. The third kappa shape index (κ3) is 4.37. The van der Waals surface area contributed by atoms with Crippen LogP contribution in [0.1, 0.15) is 27.5 Å². The molecule has 0 spiro atoms. The number of aliphatic hydroxyl groups is 1. The van der Waals surface area contributed by atoms with Gasteiger partial charge >= 0.3 is 0 Å². The zero-order valence-corrected chi connectivity index (χ0v) is 17.6. The van der Waals surface area contributed by atoms with E-state index in [2.05, 4.69) is 15.2 Å². The first-order valence-electron chi connectivity index (χ1n) is 9.72. The molecule has 2 aromatic carbocycles. The fraction of sp³-hybridized carbons (Fsp3) is 0.0870. The number of aliphatic hydroxyl groups excluding tert-OH is 1. The van der Waals surface area contributed by atoms with E-state index in [0.717, 1.165) is 17.9 Å². The van der Waals surface area contributed by atoms with E-state index in [9.17, 15) is 18.3 Å². The molecule has 2 aromatic heterocycles. The largest absolute Gasteiger partial charge is 0.504 e. The molecule has 0 fully saturated rings. The van der Waals surface area contributed by atoms with Gasteiger partial charge in [-0.05, 0) is 30.5 Å². The standard InChI is InChI=1S/C23H19N3O5S/c27-19(13-20(28)23-24-15-25-26-23)22-18(12-11-16-7-3-1-4-8-16)21(14-31-22)32(29,30)17-9-5-2-6-10-17/h1-10,13-15,28H,11-12H2,(H,24,25,26). The van der Waals surface area contributed by atoms with Gasteiger partial charge in [-0.2, -0.15) is 5.10 Å². The van der Waals surface area contributed by atoms with Crippen molar-refractivity contribution in [3.63, 3.8) is 0 Å². The van der Waals surface area contributed by atoms with Crippen molar-refractivity contribution >= 4 is 21.4 Å². The van der Waals surface area contributed by atoms with Crippen LogP contribution in [0.5, 0.6) is 0 Å². The molecule has 4 rings (SSSR count). The second-order valence-corrected chi connectivity index (χ2v) is 8.86. The molecule has 4 aromatic rings. The summed E-state index contributed by atoms with van der Waals surface area (Å²) in [5.74, 6) is -1.27. The van der Waals surface area contributed by atoms with Gasteiger partial charge in [-0.1, -0.05) is 48.5 Å². The molecule has 0 unspecified atom stereocenters. The number of allylic oxidation sites excluding steroid dienone is 1. The molecule has 32 heavy (non-hydrogen) atoms. The molecule has 2 N–H and O–H groups in total. The van der Waals surface area contributed by atoms with E-state index in [1.54, 1.807) is 18.2 Å². The summed E-state index contributed by atoms with van der Waals surface area (Å²) in [5, 5.41) is 16.2. The first kappa shape index (κ1) is 21.3. The van der Waals surface area contributed by atoms with Crippen molar-refractivity contribution in [1.29, 1.82) is 0 Å². The highest BCUT2D eigenvalue weighted by Crippen LogP contribution is 2.30. The second-order valence-electron chi connectivity index (χ2n) is 6.94. The van der Waals surface area contributed by atoms with Gasteiger partial charge in [0.05, 0.1) is 4.90 Å². The Morgan fingerprint density at radius 1 is 1.03 bits per heavy atom. The molecular formula is C23H19N3O5S. The smallest absolute Gasteiger partial charge is 0.225 e. The monoisotopic (exact) mass is 449 g/mol. The minimum atomic E-state index is -3.92. The zero-order valence-electron chi connectivity index (χ0n) is 16.8. The topological polar surface area (TPSA) is 126 Å². The summed E-state index contributed by atoms with van der Waals surface area (Å²) in [6.45, 7) is 0. The van der Waals surface area contributed by atoms with Crippen LogP contribution < -0.4 is 0 Å². The minimum absolute atomic E-state index is 0.00729. The summed E-state index contributed by atoms with van der Waals surface area (Å²) in [4.78, 5) is 16.7. The Labute approximate surface area is 184 Å². The van der Waals surface area contributed by atoms with Crippen molar-refractivity contribution in [2.75, 3.05) is 0 Å². The van der Waals surface area contributed by atoms with Crippen LogP contribution in [0.3, 0.4) is 0 Å². The normalized spacial score (nSPS) is 12.1. The Morgan fingerprint density at radius 3 is 2.38 bits per heavy atom. The number of furan rings is 1. The number of nitrogens with one attached hydrogen (secondary N) is 1. The average molecular weight is 449 g/mol. The van der Waals surface area contributed by atoms with E-state index in [1.165, 1.54) is 18.5 Å². The lowest BCUT2D eigenvalue weighted by Gasteiger charge is -2.07. The summed E-state index contributed by atoms with van der Waals surface area (Å²) in [5.41, 5.74) is 1.24. The molecule has 0 radical (unpaired) electrons. The van der Waals surface area contributed by atoms with E-state index < -0.39 is 21.4 Å². The summed E-state index contributed by atoms with van der Waals surface area (Å²) in [6, 6.07) is 17.4. The number of nitrogens with zero attached hydrogens (tertiary/aromatic N) is 2. The first-order valence-corrected chi connectivity index (χ1v) is 11.2. The Hall–Kier alpha value is -3.98. The maximum Gasteiger partial charge on any atom is 0.225 e. The van der Waals surface area contributed by atoms with Gasteiger partial charge in [0.25, 0.3) is 0 Å². The number of carbonyl (C=O) groups excluding carboxylic acids is 1. The van der Waals surface area contributed by atoms with Crippen LogP contribution >= 0.6 is 0 Å². The quantitative estimate of drug-likeness (QED) is 0.238. The number of rotatable bonds is 8. The van der Waals surface area contributed by atoms with Gasteiger partial charge in [0.1, 0.15) is 17.5 Å². The first-order chi connectivity index (χ1) is 15.5. The predicted molar refractivity (Wildman–Crippen MR) is 116 cm³/mol. The SMILES string of the molecule is O=C(C=C(O)c1ncn[nH]1)c1occ(S(=O)(=O)c2ccccc2)c1CCc1ccccc1. The highest BCUT2D eigenvalue weighted by molar-refractivity contribution is 7.91. The van der Waals surface area contributed by atoms with Gasteiger partial charge in [0.15, 0.2) is 17.3 Å². The van der Waals surface area contributed by atoms with Gasteiger partial charge in [0.2, 0.25) is 15.6 Å². The highest BCUT2D eigenvalue weighted by atomic mass is 32.2. The second kappa shape index (κ2) is 9.03. The molecule has 0 amide bonds. The number of aromatic nitrogens is 3. The van der Waals surface area contributed by atoms with Crippen molar-refractivity contribution in [2.45, 2.75) is 22.6 Å². The van der Waals surface area contributed by atoms with Crippen molar-refractivity contribution in [3.05, 3.63) is 102 Å². The fourth-order valence-corrected chi connectivity index (χ4v) is 4.73. The lowest BCUT2D eigenvalue weighted by Crippen LogP contribution is -2.08. The summed E-state index contributed by atoms with van der Waals surface area (Å²) in [6.07, 6.45) is 3.93. The molecule has 8 nitrogen and oxygen atoms in total. The van der Waals surface area contributed by atoms with Gasteiger partial charge < -0.3 is 9.52 Å². The van der Waals surface area contributed by atoms with Crippen LogP contribution in [-0.2, 0) is 22.7 Å². The number of aromatic amines is 1. The molecule has 0 aliphatic rings. The van der Waals surface area contributed by atoms with Crippen LogP contribution in [0.4, 0.5) is 0 Å².